The van der Waals surface area contributed by atoms with Gasteiger partial charge in [0.05, 0.1) is 0 Å². The molecule has 0 spiro atoms. The third kappa shape index (κ3) is 2.66. The highest BCUT2D eigenvalue weighted by Crippen LogP contribution is 2.17. The quantitative estimate of drug-likeness (QED) is 0.804. The molecule has 2 heterocycles. The third-order valence-electron chi connectivity index (χ3n) is 2.93. The second-order valence-electron chi connectivity index (χ2n) is 4.11. The molecule has 1 aliphatic heterocycles. The van der Waals surface area contributed by atoms with Crippen LogP contribution in [0, 0.1) is 0 Å². The van der Waals surface area contributed by atoms with Crippen LogP contribution in [0.25, 0.3) is 0 Å². The smallest absolute Gasteiger partial charge is 0.404 e. The van der Waals surface area contributed by atoms with Crippen LogP contribution >= 0.6 is 0 Å². The fraction of sp³-hybridized carbons (Fsp3) is 0.700. The zero-order chi connectivity index (χ0) is 12.3. The third-order valence-corrected chi connectivity index (χ3v) is 2.93. The number of aryl methyl sites for hydroxylation is 1. The van der Waals surface area contributed by atoms with E-state index in [1.165, 1.54) is 6.33 Å². The van der Waals surface area contributed by atoms with E-state index in [4.69, 9.17) is 5.11 Å². The van der Waals surface area contributed by atoms with E-state index >= 15 is 0 Å². The Hall–Kier alpha value is -1.79. The van der Waals surface area contributed by atoms with Gasteiger partial charge in [0.2, 0.25) is 5.95 Å². The number of rotatable bonds is 3. The number of aromatic nitrogens is 3. The lowest BCUT2D eigenvalue weighted by Crippen LogP contribution is -2.48. The minimum Gasteiger partial charge on any atom is -0.465 e. The highest BCUT2D eigenvalue weighted by molar-refractivity contribution is 5.65. The van der Waals surface area contributed by atoms with Crippen LogP contribution in [-0.2, 0) is 6.54 Å². The maximum absolute atomic E-state index is 10.6. The molecule has 7 nitrogen and oxygen atoms in total. The van der Waals surface area contributed by atoms with Crippen molar-refractivity contribution in [3.05, 3.63) is 6.33 Å². The Kier molecular flexibility index (Phi) is 3.46. The Balaban J connectivity index is 2.04. The molecular weight excluding hydrogens is 222 g/mol. The molecular formula is C10H17N5O2. The van der Waals surface area contributed by atoms with Crippen LogP contribution in [0.5, 0.6) is 0 Å². The normalized spacial score (nSPS) is 20.3. The Morgan fingerprint density at radius 1 is 1.71 bits per heavy atom. The van der Waals surface area contributed by atoms with E-state index in [9.17, 15) is 4.79 Å². The van der Waals surface area contributed by atoms with Crippen LogP contribution in [0.4, 0.5) is 10.7 Å². The second kappa shape index (κ2) is 5.03. The number of carbonyl (C=O) groups is 1. The molecule has 0 saturated carbocycles. The first-order valence-corrected chi connectivity index (χ1v) is 5.83. The molecule has 1 amide bonds. The van der Waals surface area contributed by atoms with Crippen molar-refractivity contribution in [2.24, 2.45) is 0 Å². The molecule has 2 N–H and O–H groups in total. The Labute approximate surface area is 99.4 Å². The van der Waals surface area contributed by atoms with Gasteiger partial charge in [-0.05, 0) is 19.8 Å². The summed E-state index contributed by atoms with van der Waals surface area (Å²) >= 11 is 0. The van der Waals surface area contributed by atoms with Gasteiger partial charge in [-0.2, -0.15) is 10.1 Å². The van der Waals surface area contributed by atoms with Crippen LogP contribution in [0.15, 0.2) is 6.33 Å². The lowest BCUT2D eigenvalue weighted by molar-refractivity contribution is 0.188. The summed E-state index contributed by atoms with van der Waals surface area (Å²) in [7, 11) is 0. The number of nitrogens with zero attached hydrogens (tertiary/aromatic N) is 4. The molecule has 1 aliphatic rings. The van der Waals surface area contributed by atoms with Crippen molar-refractivity contribution in [1.29, 1.82) is 0 Å². The van der Waals surface area contributed by atoms with Crippen molar-refractivity contribution < 1.29 is 9.90 Å². The number of anilines is 1. The molecule has 0 aliphatic carbocycles. The van der Waals surface area contributed by atoms with Crippen molar-refractivity contribution >= 4 is 12.0 Å². The molecule has 1 aromatic heterocycles. The summed E-state index contributed by atoms with van der Waals surface area (Å²) in [6.07, 6.45) is 2.41. The minimum atomic E-state index is -0.964. The van der Waals surface area contributed by atoms with Crippen molar-refractivity contribution in [2.45, 2.75) is 32.4 Å². The Morgan fingerprint density at radius 2 is 2.53 bits per heavy atom. The Morgan fingerprint density at radius 3 is 3.24 bits per heavy atom. The molecule has 1 unspecified atom stereocenters. The molecule has 94 valence electrons. The van der Waals surface area contributed by atoms with Crippen molar-refractivity contribution in [2.75, 3.05) is 18.0 Å². The molecule has 1 atom stereocenters. The Bertz CT molecular complexity index is 392. The molecule has 7 heteroatoms. The fourth-order valence-corrected chi connectivity index (χ4v) is 2.18. The molecule has 17 heavy (non-hydrogen) atoms. The van der Waals surface area contributed by atoms with Gasteiger partial charge in [0.1, 0.15) is 6.33 Å². The van der Waals surface area contributed by atoms with Gasteiger partial charge in [-0.3, -0.25) is 0 Å². The van der Waals surface area contributed by atoms with Crippen molar-refractivity contribution in [1.82, 2.24) is 20.1 Å². The summed E-state index contributed by atoms with van der Waals surface area (Å²) in [4.78, 5) is 16.9. The lowest BCUT2D eigenvalue weighted by Gasteiger charge is -2.32. The summed E-state index contributed by atoms with van der Waals surface area (Å²) in [6, 6.07) is -0.0248. The molecule has 0 bridgehead atoms. The van der Waals surface area contributed by atoms with Crippen LogP contribution in [0.1, 0.15) is 19.8 Å². The lowest BCUT2D eigenvalue weighted by atomic mass is 10.1. The first-order chi connectivity index (χ1) is 8.20. The predicted octanol–water partition coefficient (Wildman–Crippen LogP) is 0.534. The number of amides is 1. The monoisotopic (exact) mass is 239 g/mol. The number of hydrogen-bond acceptors (Lipinski definition) is 4. The van der Waals surface area contributed by atoms with E-state index in [2.05, 4.69) is 20.3 Å². The average molecular weight is 239 g/mol. The number of hydrogen-bond donors (Lipinski definition) is 2. The SMILES string of the molecule is CCn1ncnc1N1CCCC(NC(=O)O)C1. The highest BCUT2D eigenvalue weighted by Gasteiger charge is 2.23. The van der Waals surface area contributed by atoms with Crippen LogP contribution in [-0.4, -0.2) is 45.1 Å². The standard InChI is InChI=1S/C10H17N5O2/c1-2-15-9(11-7-12-15)14-5-3-4-8(6-14)13-10(16)17/h7-8,13H,2-6H2,1H3,(H,16,17). The molecule has 1 fully saturated rings. The van der Waals surface area contributed by atoms with E-state index in [0.29, 0.717) is 6.54 Å². The van der Waals surface area contributed by atoms with E-state index in [1.807, 2.05) is 11.6 Å². The first kappa shape index (κ1) is 11.7. The van der Waals surface area contributed by atoms with Crippen LogP contribution < -0.4 is 10.2 Å². The average Bonchev–Trinajstić information content (AvgIpc) is 2.76. The van der Waals surface area contributed by atoms with E-state index in [-0.39, 0.29) is 6.04 Å². The van der Waals surface area contributed by atoms with E-state index < -0.39 is 6.09 Å². The summed E-state index contributed by atoms with van der Waals surface area (Å²) in [5.74, 6) is 0.824. The summed E-state index contributed by atoms with van der Waals surface area (Å²) in [5, 5.41) is 15.4. The van der Waals surface area contributed by atoms with Gasteiger partial charge in [0.15, 0.2) is 0 Å². The van der Waals surface area contributed by atoms with Gasteiger partial charge >= 0.3 is 6.09 Å². The van der Waals surface area contributed by atoms with Gasteiger partial charge in [-0.15, -0.1) is 0 Å². The van der Waals surface area contributed by atoms with Crippen LogP contribution in [0.2, 0.25) is 0 Å². The minimum absolute atomic E-state index is 0.0248. The number of nitrogens with one attached hydrogen (secondary N) is 1. The van der Waals surface area contributed by atoms with Crippen molar-refractivity contribution in [3.8, 4) is 0 Å². The maximum atomic E-state index is 10.6. The predicted molar refractivity (Wildman–Crippen MR) is 62.1 cm³/mol. The molecule has 0 aromatic carbocycles. The molecule has 1 saturated heterocycles. The van der Waals surface area contributed by atoms with E-state index in [1.54, 1.807) is 0 Å². The summed E-state index contributed by atoms with van der Waals surface area (Å²) in [6.45, 7) is 4.33. The highest BCUT2D eigenvalue weighted by atomic mass is 16.4. The van der Waals surface area contributed by atoms with Gasteiger partial charge in [0, 0.05) is 25.7 Å². The zero-order valence-electron chi connectivity index (χ0n) is 9.83. The maximum Gasteiger partial charge on any atom is 0.404 e. The fourth-order valence-electron chi connectivity index (χ4n) is 2.18. The van der Waals surface area contributed by atoms with Gasteiger partial charge in [-0.25, -0.2) is 9.48 Å². The summed E-state index contributed by atoms with van der Waals surface area (Å²) in [5.41, 5.74) is 0. The topological polar surface area (TPSA) is 83.3 Å². The van der Waals surface area contributed by atoms with Crippen molar-refractivity contribution in [3.63, 3.8) is 0 Å². The van der Waals surface area contributed by atoms with E-state index in [0.717, 1.165) is 31.9 Å². The number of piperidine rings is 1. The van der Waals surface area contributed by atoms with Gasteiger partial charge in [-0.1, -0.05) is 0 Å². The molecule has 0 radical (unpaired) electrons. The largest absolute Gasteiger partial charge is 0.465 e. The first-order valence-electron chi connectivity index (χ1n) is 5.83. The van der Waals surface area contributed by atoms with Gasteiger partial charge in [0.25, 0.3) is 0 Å². The molecule has 1 aromatic rings. The zero-order valence-corrected chi connectivity index (χ0v) is 9.83. The second-order valence-corrected chi connectivity index (χ2v) is 4.11. The van der Waals surface area contributed by atoms with Gasteiger partial charge < -0.3 is 15.3 Å². The molecule has 2 rings (SSSR count). The summed E-state index contributed by atoms with van der Waals surface area (Å²) < 4.78 is 1.82. The number of carboxylic acid groups (broad SMARTS) is 1. The van der Waals surface area contributed by atoms with Crippen LogP contribution in [0.3, 0.4) is 0 Å².